The minimum absolute atomic E-state index is 0.626. The summed E-state index contributed by atoms with van der Waals surface area (Å²) < 4.78 is 0. The molecule has 1 nitrogen and oxygen atoms in total. The molecule has 1 aliphatic rings. The van der Waals surface area contributed by atoms with Crippen molar-refractivity contribution in [2.45, 2.75) is 13.3 Å². The van der Waals surface area contributed by atoms with E-state index in [-0.39, 0.29) is 0 Å². The van der Waals surface area contributed by atoms with Gasteiger partial charge >= 0.3 is 0 Å². The average Bonchev–Trinajstić information content (AvgIpc) is 2.58. The zero-order valence-corrected chi connectivity index (χ0v) is 13.1. The Kier molecular flexibility index (Phi) is 3.24. The highest BCUT2D eigenvalue weighted by Crippen LogP contribution is 2.37. The van der Waals surface area contributed by atoms with Gasteiger partial charge in [0.05, 0.1) is 11.6 Å². The summed E-state index contributed by atoms with van der Waals surface area (Å²) in [6, 6.07) is 23.4. The fraction of sp³-hybridized carbons (Fsp3) is 0.136. The van der Waals surface area contributed by atoms with Gasteiger partial charge in [0.1, 0.15) is 0 Å². The Bertz CT molecular complexity index is 973. The van der Waals surface area contributed by atoms with Gasteiger partial charge in [-0.2, -0.15) is 5.26 Å². The van der Waals surface area contributed by atoms with Crippen LogP contribution in [-0.4, -0.2) is 0 Å². The first kappa shape index (κ1) is 13.8. The molecule has 4 rings (SSSR count). The predicted molar refractivity (Wildman–Crippen MR) is 95.9 cm³/mol. The Hall–Kier alpha value is -2.85. The average molecular weight is 295 g/mol. The topological polar surface area (TPSA) is 23.8 Å². The van der Waals surface area contributed by atoms with Gasteiger partial charge in [0.15, 0.2) is 0 Å². The Morgan fingerprint density at radius 3 is 2.35 bits per heavy atom. The zero-order chi connectivity index (χ0) is 15.8. The molecular formula is C22H17N. The molecule has 23 heavy (non-hydrogen) atoms. The minimum atomic E-state index is 0.626. The molecule has 0 spiro atoms. The van der Waals surface area contributed by atoms with Gasteiger partial charge < -0.3 is 0 Å². The Labute approximate surface area is 136 Å². The van der Waals surface area contributed by atoms with Gasteiger partial charge in [0.25, 0.3) is 0 Å². The van der Waals surface area contributed by atoms with Crippen LogP contribution in [0.5, 0.6) is 0 Å². The Morgan fingerprint density at radius 2 is 1.61 bits per heavy atom. The van der Waals surface area contributed by atoms with Crippen LogP contribution in [0.25, 0.3) is 27.5 Å². The van der Waals surface area contributed by atoms with E-state index in [4.69, 9.17) is 0 Å². The van der Waals surface area contributed by atoms with E-state index in [2.05, 4.69) is 73.7 Å². The van der Waals surface area contributed by atoms with Crippen molar-refractivity contribution in [3.63, 3.8) is 0 Å². The van der Waals surface area contributed by atoms with Gasteiger partial charge in [-0.25, -0.2) is 0 Å². The molecule has 0 fully saturated rings. The minimum Gasteiger partial charge on any atom is -0.192 e. The van der Waals surface area contributed by atoms with E-state index in [1.165, 1.54) is 27.5 Å². The largest absolute Gasteiger partial charge is 0.192 e. The number of hydrogen-bond donors (Lipinski definition) is 0. The van der Waals surface area contributed by atoms with Crippen LogP contribution < -0.4 is 0 Å². The lowest BCUT2D eigenvalue weighted by Crippen LogP contribution is -2.06. The fourth-order valence-electron chi connectivity index (χ4n) is 3.31. The number of benzene rings is 3. The third-order valence-corrected chi connectivity index (χ3v) is 4.60. The first-order valence-electron chi connectivity index (χ1n) is 7.99. The molecule has 0 amide bonds. The molecule has 0 radical (unpaired) electrons. The quantitative estimate of drug-likeness (QED) is 0.586. The fourth-order valence-corrected chi connectivity index (χ4v) is 3.31. The molecule has 0 N–H and O–H groups in total. The second kappa shape index (κ2) is 5.41. The molecule has 0 heterocycles. The van der Waals surface area contributed by atoms with E-state index in [0.29, 0.717) is 5.92 Å². The van der Waals surface area contributed by atoms with Gasteiger partial charge in [0.2, 0.25) is 0 Å². The van der Waals surface area contributed by atoms with Gasteiger partial charge in [-0.15, -0.1) is 0 Å². The lowest BCUT2D eigenvalue weighted by molar-refractivity contribution is 0.701. The molecule has 1 atom stereocenters. The molecule has 0 saturated heterocycles. The highest BCUT2D eigenvalue weighted by atomic mass is 14.3. The number of fused-ring (bicyclic) bond motifs is 1. The number of rotatable bonds is 2. The third-order valence-electron chi connectivity index (χ3n) is 4.60. The Morgan fingerprint density at radius 1 is 0.913 bits per heavy atom. The van der Waals surface area contributed by atoms with E-state index >= 15 is 0 Å². The maximum Gasteiger partial charge on any atom is 0.0998 e. The zero-order valence-electron chi connectivity index (χ0n) is 13.1. The number of allylic oxidation sites excluding steroid dienone is 2. The summed E-state index contributed by atoms with van der Waals surface area (Å²) in [5, 5.41) is 11.9. The lowest BCUT2D eigenvalue weighted by atomic mass is 9.81. The molecule has 0 saturated carbocycles. The predicted octanol–water partition coefficient (Wildman–Crippen LogP) is 5.80. The van der Waals surface area contributed by atoms with Crippen LogP contribution in [0.1, 0.15) is 24.5 Å². The smallest absolute Gasteiger partial charge is 0.0998 e. The van der Waals surface area contributed by atoms with Crippen molar-refractivity contribution in [1.29, 1.82) is 5.26 Å². The van der Waals surface area contributed by atoms with E-state index in [1.807, 2.05) is 6.07 Å². The second-order valence-corrected chi connectivity index (χ2v) is 6.31. The summed E-state index contributed by atoms with van der Waals surface area (Å²) in [6.45, 7) is 2.21. The molecule has 3 aromatic carbocycles. The molecule has 3 aromatic rings. The van der Waals surface area contributed by atoms with Gasteiger partial charge in [0, 0.05) is 0 Å². The van der Waals surface area contributed by atoms with E-state index in [9.17, 15) is 5.26 Å². The summed E-state index contributed by atoms with van der Waals surface area (Å²) in [5.74, 6) is 0.626. The van der Waals surface area contributed by atoms with Crippen LogP contribution in [0, 0.1) is 17.2 Å². The maximum absolute atomic E-state index is 9.38. The van der Waals surface area contributed by atoms with Crippen LogP contribution >= 0.6 is 0 Å². The summed E-state index contributed by atoms with van der Waals surface area (Å²) >= 11 is 0. The molecule has 0 bridgehead atoms. The molecule has 1 heteroatoms. The third kappa shape index (κ3) is 2.43. The SMILES string of the molecule is CC1C=C(c2cc(-c3ccc4ccccc4c3)ccc2C#N)C1. The molecule has 1 unspecified atom stereocenters. The van der Waals surface area contributed by atoms with Gasteiger partial charge in [-0.1, -0.05) is 55.5 Å². The number of nitriles is 1. The maximum atomic E-state index is 9.38. The first-order chi connectivity index (χ1) is 11.2. The lowest BCUT2D eigenvalue weighted by Gasteiger charge is -2.23. The standard InChI is InChI=1S/C22H17N/c1-15-10-21(11-15)22-13-19(8-9-20(22)14-23)18-7-6-16-4-2-3-5-17(16)12-18/h2-10,12-13,15H,11H2,1H3. The van der Waals surface area contributed by atoms with Crippen molar-refractivity contribution in [3.8, 4) is 17.2 Å². The summed E-state index contributed by atoms with van der Waals surface area (Å²) in [4.78, 5) is 0. The normalized spacial score (nSPS) is 16.5. The molecule has 0 aromatic heterocycles. The molecule has 1 aliphatic carbocycles. The molecular weight excluding hydrogens is 278 g/mol. The highest BCUT2D eigenvalue weighted by molar-refractivity contribution is 5.88. The van der Waals surface area contributed by atoms with E-state index < -0.39 is 0 Å². The van der Waals surface area contributed by atoms with Crippen molar-refractivity contribution < 1.29 is 0 Å². The monoisotopic (exact) mass is 295 g/mol. The van der Waals surface area contributed by atoms with Crippen molar-refractivity contribution in [1.82, 2.24) is 0 Å². The van der Waals surface area contributed by atoms with Crippen LogP contribution in [-0.2, 0) is 0 Å². The van der Waals surface area contributed by atoms with Crippen LogP contribution in [0.2, 0.25) is 0 Å². The van der Waals surface area contributed by atoms with E-state index in [0.717, 1.165) is 17.5 Å². The van der Waals surface area contributed by atoms with Crippen molar-refractivity contribution in [3.05, 3.63) is 77.9 Å². The molecule has 110 valence electrons. The van der Waals surface area contributed by atoms with Crippen LogP contribution in [0.4, 0.5) is 0 Å². The van der Waals surface area contributed by atoms with Gasteiger partial charge in [-0.3, -0.25) is 0 Å². The summed E-state index contributed by atoms with van der Waals surface area (Å²) in [5.41, 5.74) is 5.54. The second-order valence-electron chi connectivity index (χ2n) is 6.31. The van der Waals surface area contributed by atoms with E-state index in [1.54, 1.807) is 0 Å². The van der Waals surface area contributed by atoms with Gasteiger partial charge in [-0.05, 0) is 63.6 Å². The number of hydrogen-bond acceptors (Lipinski definition) is 1. The Balaban J connectivity index is 1.83. The van der Waals surface area contributed by atoms with Crippen LogP contribution in [0.3, 0.4) is 0 Å². The van der Waals surface area contributed by atoms with Crippen molar-refractivity contribution in [2.75, 3.05) is 0 Å². The van der Waals surface area contributed by atoms with Crippen molar-refractivity contribution in [2.24, 2.45) is 5.92 Å². The summed E-state index contributed by atoms with van der Waals surface area (Å²) in [6.07, 6.45) is 3.33. The van der Waals surface area contributed by atoms with Crippen LogP contribution in [0.15, 0.2) is 66.7 Å². The first-order valence-corrected chi connectivity index (χ1v) is 7.99. The van der Waals surface area contributed by atoms with Crippen molar-refractivity contribution >= 4 is 16.3 Å². The highest BCUT2D eigenvalue weighted by Gasteiger charge is 2.19. The number of nitrogens with zero attached hydrogens (tertiary/aromatic N) is 1. The molecule has 0 aliphatic heterocycles. The summed E-state index contributed by atoms with van der Waals surface area (Å²) in [7, 11) is 0.